The van der Waals surface area contributed by atoms with E-state index >= 15 is 0 Å². The molecule has 1 saturated heterocycles. The Labute approximate surface area is 150 Å². The van der Waals surface area contributed by atoms with Gasteiger partial charge < -0.3 is 15.1 Å². The lowest BCUT2D eigenvalue weighted by atomic mass is 9.94. The van der Waals surface area contributed by atoms with E-state index in [4.69, 9.17) is 0 Å². The fourth-order valence-corrected chi connectivity index (χ4v) is 3.11. The van der Waals surface area contributed by atoms with E-state index in [1.54, 1.807) is 30.3 Å². The SMILES string of the molecule is Cc1ccc(C(O)=C2C(=O)C(=O)N(CCO)C2c2ccccc2F)cc1. The van der Waals surface area contributed by atoms with Gasteiger partial charge in [-0.2, -0.15) is 0 Å². The van der Waals surface area contributed by atoms with Gasteiger partial charge >= 0.3 is 0 Å². The van der Waals surface area contributed by atoms with Crippen LogP contribution in [0.4, 0.5) is 4.39 Å². The van der Waals surface area contributed by atoms with Crippen LogP contribution in [-0.2, 0) is 9.59 Å². The monoisotopic (exact) mass is 355 g/mol. The molecule has 5 nitrogen and oxygen atoms in total. The molecule has 0 bridgehead atoms. The molecule has 3 rings (SSSR count). The van der Waals surface area contributed by atoms with Gasteiger partial charge in [0.25, 0.3) is 11.7 Å². The Kier molecular flexibility index (Phi) is 4.86. The smallest absolute Gasteiger partial charge is 0.295 e. The molecular weight excluding hydrogens is 337 g/mol. The van der Waals surface area contributed by atoms with Crippen LogP contribution in [0.15, 0.2) is 54.1 Å². The fourth-order valence-electron chi connectivity index (χ4n) is 3.11. The topological polar surface area (TPSA) is 77.8 Å². The summed E-state index contributed by atoms with van der Waals surface area (Å²) in [5.41, 5.74) is 1.23. The maximum absolute atomic E-state index is 14.4. The maximum Gasteiger partial charge on any atom is 0.295 e. The molecule has 1 atom stereocenters. The minimum atomic E-state index is -1.09. The molecule has 2 aromatic carbocycles. The summed E-state index contributed by atoms with van der Waals surface area (Å²) in [6.45, 7) is 1.35. The van der Waals surface area contributed by atoms with Gasteiger partial charge in [0.1, 0.15) is 11.6 Å². The second-order valence-electron chi connectivity index (χ2n) is 6.10. The molecule has 2 aromatic rings. The molecule has 134 valence electrons. The lowest BCUT2D eigenvalue weighted by molar-refractivity contribution is -0.140. The number of hydrogen-bond donors (Lipinski definition) is 2. The number of rotatable bonds is 4. The Bertz CT molecular complexity index is 889. The summed E-state index contributed by atoms with van der Waals surface area (Å²) in [6.07, 6.45) is 0. The van der Waals surface area contributed by atoms with Gasteiger partial charge in [-0.15, -0.1) is 0 Å². The van der Waals surface area contributed by atoms with E-state index in [-0.39, 0.29) is 30.0 Å². The van der Waals surface area contributed by atoms with Crippen molar-refractivity contribution in [3.05, 3.63) is 76.6 Å². The van der Waals surface area contributed by atoms with Crippen molar-refractivity contribution < 1.29 is 24.2 Å². The first-order valence-corrected chi connectivity index (χ1v) is 8.16. The molecule has 2 N–H and O–H groups in total. The van der Waals surface area contributed by atoms with Crippen molar-refractivity contribution in [3.8, 4) is 0 Å². The van der Waals surface area contributed by atoms with Gasteiger partial charge in [-0.25, -0.2) is 4.39 Å². The maximum atomic E-state index is 14.4. The van der Waals surface area contributed by atoms with Crippen LogP contribution in [0.2, 0.25) is 0 Å². The lowest BCUT2D eigenvalue weighted by Gasteiger charge is -2.24. The molecule has 1 fully saturated rings. The molecule has 0 aliphatic carbocycles. The predicted molar refractivity (Wildman–Crippen MR) is 93.7 cm³/mol. The third kappa shape index (κ3) is 2.99. The summed E-state index contributed by atoms with van der Waals surface area (Å²) >= 11 is 0. The van der Waals surface area contributed by atoms with Crippen LogP contribution in [0, 0.1) is 12.7 Å². The summed E-state index contributed by atoms with van der Waals surface area (Å²) < 4.78 is 14.4. The number of halogens is 1. The van der Waals surface area contributed by atoms with Crippen molar-refractivity contribution in [1.82, 2.24) is 4.90 Å². The normalized spacial score (nSPS) is 19.2. The number of amides is 1. The lowest BCUT2D eigenvalue weighted by Crippen LogP contribution is -2.32. The Balaban J connectivity index is 2.21. The molecule has 1 unspecified atom stereocenters. The number of aliphatic hydroxyl groups excluding tert-OH is 2. The number of carbonyl (C=O) groups is 2. The standard InChI is InChI=1S/C20H18FNO4/c1-12-6-8-13(9-7-12)18(24)16-17(14-4-2-3-5-15(14)21)22(10-11-23)20(26)19(16)25/h2-9,17,23-24H,10-11H2,1H3. The quantitative estimate of drug-likeness (QED) is 0.502. The van der Waals surface area contributed by atoms with E-state index in [0.717, 1.165) is 10.5 Å². The van der Waals surface area contributed by atoms with Crippen LogP contribution in [0.25, 0.3) is 5.76 Å². The third-order valence-electron chi connectivity index (χ3n) is 4.41. The molecule has 0 radical (unpaired) electrons. The second-order valence-corrected chi connectivity index (χ2v) is 6.10. The first kappa shape index (κ1) is 17.8. The van der Waals surface area contributed by atoms with E-state index < -0.39 is 23.5 Å². The summed E-state index contributed by atoms with van der Waals surface area (Å²) in [6, 6.07) is 11.4. The average Bonchev–Trinajstić information content (AvgIpc) is 2.87. The van der Waals surface area contributed by atoms with E-state index in [9.17, 15) is 24.2 Å². The number of aryl methyl sites for hydroxylation is 1. The number of nitrogens with zero attached hydrogens (tertiary/aromatic N) is 1. The van der Waals surface area contributed by atoms with Gasteiger partial charge in [-0.1, -0.05) is 48.0 Å². The summed E-state index contributed by atoms with van der Waals surface area (Å²) in [5.74, 6) is -2.74. The Hall–Kier alpha value is -2.99. The average molecular weight is 355 g/mol. The number of ketones is 1. The highest BCUT2D eigenvalue weighted by Gasteiger charge is 2.46. The number of likely N-dealkylation sites (tertiary alicyclic amines) is 1. The first-order chi connectivity index (χ1) is 12.5. The number of benzene rings is 2. The highest BCUT2D eigenvalue weighted by Crippen LogP contribution is 2.39. The second kappa shape index (κ2) is 7.09. The third-order valence-corrected chi connectivity index (χ3v) is 4.41. The molecule has 26 heavy (non-hydrogen) atoms. The Morgan fingerprint density at radius 1 is 1.12 bits per heavy atom. The zero-order valence-corrected chi connectivity index (χ0v) is 14.1. The van der Waals surface area contributed by atoms with Gasteiger partial charge in [0.2, 0.25) is 0 Å². The van der Waals surface area contributed by atoms with Crippen molar-refractivity contribution >= 4 is 17.4 Å². The summed E-state index contributed by atoms with van der Waals surface area (Å²) in [5, 5.41) is 20.0. The molecule has 1 amide bonds. The van der Waals surface area contributed by atoms with Crippen molar-refractivity contribution in [1.29, 1.82) is 0 Å². The largest absolute Gasteiger partial charge is 0.507 e. The Morgan fingerprint density at radius 3 is 2.38 bits per heavy atom. The van der Waals surface area contributed by atoms with Gasteiger partial charge in [0.05, 0.1) is 18.2 Å². The van der Waals surface area contributed by atoms with Crippen LogP contribution in [0.1, 0.15) is 22.7 Å². The van der Waals surface area contributed by atoms with Crippen molar-refractivity contribution in [3.63, 3.8) is 0 Å². The number of β-amino-alcohol motifs (C(OH)–C–C–N with tert-alkyl or cyclic N) is 1. The predicted octanol–water partition coefficient (Wildman–Crippen LogP) is 2.55. The summed E-state index contributed by atoms with van der Waals surface area (Å²) in [4.78, 5) is 26.0. The van der Waals surface area contributed by atoms with E-state index in [0.29, 0.717) is 5.56 Å². The zero-order valence-electron chi connectivity index (χ0n) is 14.1. The number of Topliss-reactive ketones (excluding diaryl/α,β-unsaturated/α-hetero) is 1. The fraction of sp³-hybridized carbons (Fsp3) is 0.200. The van der Waals surface area contributed by atoms with Gasteiger partial charge in [0, 0.05) is 17.7 Å². The first-order valence-electron chi connectivity index (χ1n) is 8.16. The van der Waals surface area contributed by atoms with Crippen LogP contribution < -0.4 is 0 Å². The van der Waals surface area contributed by atoms with Crippen LogP contribution >= 0.6 is 0 Å². The van der Waals surface area contributed by atoms with Crippen LogP contribution in [0.3, 0.4) is 0 Å². The number of carbonyl (C=O) groups excluding carboxylic acids is 2. The van der Waals surface area contributed by atoms with Crippen LogP contribution in [-0.4, -0.2) is 40.0 Å². The molecule has 1 aliphatic rings. The van der Waals surface area contributed by atoms with Crippen molar-refractivity contribution in [2.45, 2.75) is 13.0 Å². The van der Waals surface area contributed by atoms with Gasteiger partial charge in [-0.05, 0) is 13.0 Å². The van der Waals surface area contributed by atoms with Gasteiger partial charge in [-0.3, -0.25) is 9.59 Å². The minimum Gasteiger partial charge on any atom is -0.507 e. The summed E-state index contributed by atoms with van der Waals surface area (Å²) in [7, 11) is 0. The molecule has 0 saturated carbocycles. The minimum absolute atomic E-state index is 0.0915. The van der Waals surface area contributed by atoms with Crippen molar-refractivity contribution in [2.24, 2.45) is 0 Å². The molecule has 1 heterocycles. The van der Waals surface area contributed by atoms with E-state index in [1.165, 1.54) is 18.2 Å². The highest BCUT2D eigenvalue weighted by atomic mass is 19.1. The van der Waals surface area contributed by atoms with Crippen LogP contribution in [0.5, 0.6) is 0 Å². The number of aliphatic hydroxyl groups is 2. The molecule has 0 aromatic heterocycles. The molecular formula is C20H18FNO4. The zero-order chi connectivity index (χ0) is 18.8. The molecule has 6 heteroatoms. The molecule has 0 spiro atoms. The highest BCUT2D eigenvalue weighted by molar-refractivity contribution is 6.46. The molecule has 1 aliphatic heterocycles. The van der Waals surface area contributed by atoms with Crippen molar-refractivity contribution in [2.75, 3.05) is 13.2 Å². The number of hydrogen-bond acceptors (Lipinski definition) is 4. The Morgan fingerprint density at radius 2 is 1.77 bits per heavy atom. The van der Waals surface area contributed by atoms with Gasteiger partial charge in [0.15, 0.2) is 0 Å². The van der Waals surface area contributed by atoms with E-state index in [1.807, 2.05) is 6.92 Å². The van der Waals surface area contributed by atoms with E-state index in [2.05, 4.69) is 0 Å².